The Hall–Kier alpha value is -0.500. The van der Waals surface area contributed by atoms with Gasteiger partial charge in [0.25, 0.3) is 0 Å². The fourth-order valence-corrected chi connectivity index (χ4v) is 3.31. The summed E-state index contributed by atoms with van der Waals surface area (Å²) in [5.41, 5.74) is 0.446. The second-order valence-corrected chi connectivity index (χ2v) is 5.68. The van der Waals surface area contributed by atoms with Crippen molar-refractivity contribution in [1.82, 2.24) is 9.80 Å². The van der Waals surface area contributed by atoms with Crippen molar-refractivity contribution in [2.45, 2.75) is 26.3 Å². The minimum absolute atomic E-state index is 0.446. The summed E-state index contributed by atoms with van der Waals surface area (Å²) in [5, 5.41) is 0. The summed E-state index contributed by atoms with van der Waals surface area (Å²) < 4.78 is 0. The van der Waals surface area contributed by atoms with Gasteiger partial charge in [-0.25, -0.2) is 0 Å². The number of hydrogen-bond acceptors (Lipinski definition) is 2. The molecule has 3 aliphatic heterocycles. The smallest absolute Gasteiger partial charge is 0.0462 e. The number of likely N-dealkylation sites (N-methyl/N-ethyl adjacent to an activating group) is 1. The van der Waals surface area contributed by atoms with E-state index in [0.717, 1.165) is 5.92 Å². The van der Waals surface area contributed by atoms with Gasteiger partial charge in [0.15, 0.2) is 0 Å². The zero-order valence-corrected chi connectivity index (χ0v) is 9.66. The molecular formula is C12H22N2. The van der Waals surface area contributed by atoms with Crippen molar-refractivity contribution in [3.05, 3.63) is 12.8 Å². The van der Waals surface area contributed by atoms with Crippen molar-refractivity contribution in [2.75, 3.05) is 26.7 Å². The topological polar surface area (TPSA) is 6.48 Å². The highest BCUT2D eigenvalue weighted by Crippen LogP contribution is 2.40. The second kappa shape index (κ2) is 3.27. The van der Waals surface area contributed by atoms with Gasteiger partial charge in [0.2, 0.25) is 0 Å². The first kappa shape index (κ1) is 10.0. The highest BCUT2D eigenvalue weighted by Gasteiger charge is 2.43. The van der Waals surface area contributed by atoms with Crippen molar-refractivity contribution < 1.29 is 0 Å². The first-order valence-corrected chi connectivity index (χ1v) is 5.60. The zero-order chi connectivity index (χ0) is 10.3. The molecule has 0 aromatic rings. The maximum absolute atomic E-state index is 3.94. The molecule has 0 aromatic heterocycles. The van der Waals surface area contributed by atoms with E-state index in [1.54, 1.807) is 0 Å². The summed E-state index contributed by atoms with van der Waals surface area (Å²) in [6.45, 7) is 12.4. The molecule has 2 heteroatoms. The van der Waals surface area contributed by atoms with Gasteiger partial charge in [-0.2, -0.15) is 0 Å². The van der Waals surface area contributed by atoms with Crippen LogP contribution in [0.25, 0.3) is 0 Å². The summed E-state index contributed by atoms with van der Waals surface area (Å²) in [7, 11) is 2.24. The Morgan fingerprint density at radius 2 is 2.00 bits per heavy atom. The first-order valence-electron chi connectivity index (χ1n) is 5.60. The third-order valence-electron chi connectivity index (χ3n) is 3.88. The summed E-state index contributed by atoms with van der Waals surface area (Å²) in [5.74, 6) is 0.826. The van der Waals surface area contributed by atoms with E-state index in [1.165, 1.54) is 26.1 Å². The fraction of sp³-hybridized carbons (Fsp3) is 0.833. The van der Waals surface area contributed by atoms with Crippen LogP contribution in [0.15, 0.2) is 12.8 Å². The molecular weight excluding hydrogens is 172 g/mol. The van der Waals surface area contributed by atoms with Crippen molar-refractivity contribution in [3.63, 3.8) is 0 Å². The third kappa shape index (κ3) is 1.56. The number of rotatable bonds is 1. The van der Waals surface area contributed by atoms with Gasteiger partial charge < -0.3 is 9.80 Å². The summed E-state index contributed by atoms with van der Waals surface area (Å²) >= 11 is 0. The lowest BCUT2D eigenvalue weighted by Gasteiger charge is -2.46. The van der Waals surface area contributed by atoms with Gasteiger partial charge in [0, 0.05) is 25.7 Å². The van der Waals surface area contributed by atoms with E-state index in [4.69, 9.17) is 0 Å². The molecule has 3 fully saturated rings. The van der Waals surface area contributed by atoms with Crippen LogP contribution in [0.3, 0.4) is 0 Å². The van der Waals surface area contributed by atoms with Crippen LogP contribution in [0.1, 0.15) is 20.3 Å². The average Bonchev–Trinajstić information content (AvgIpc) is 2.28. The molecule has 0 amide bonds. The molecule has 14 heavy (non-hydrogen) atoms. The molecule has 0 aromatic carbocycles. The largest absolute Gasteiger partial charge is 0.373 e. The van der Waals surface area contributed by atoms with E-state index in [0.29, 0.717) is 11.5 Å². The van der Waals surface area contributed by atoms with Gasteiger partial charge in [-0.3, -0.25) is 0 Å². The van der Waals surface area contributed by atoms with Crippen LogP contribution in [0.2, 0.25) is 0 Å². The van der Waals surface area contributed by atoms with E-state index in [1.807, 2.05) is 6.20 Å². The Balaban J connectivity index is 2.28. The molecule has 3 saturated heterocycles. The van der Waals surface area contributed by atoms with Gasteiger partial charge in [-0.05, 0) is 31.0 Å². The van der Waals surface area contributed by atoms with Crippen molar-refractivity contribution >= 4 is 0 Å². The molecule has 2 bridgehead atoms. The van der Waals surface area contributed by atoms with E-state index >= 15 is 0 Å². The van der Waals surface area contributed by atoms with Gasteiger partial charge in [0.05, 0.1) is 0 Å². The monoisotopic (exact) mass is 194 g/mol. The molecule has 0 radical (unpaired) electrons. The van der Waals surface area contributed by atoms with E-state index in [9.17, 15) is 0 Å². The Morgan fingerprint density at radius 3 is 2.64 bits per heavy atom. The van der Waals surface area contributed by atoms with Gasteiger partial charge in [0.1, 0.15) is 0 Å². The van der Waals surface area contributed by atoms with Crippen LogP contribution in [-0.4, -0.2) is 42.5 Å². The Labute approximate surface area is 87.6 Å². The standard InChI is InChI=1S/C12H22N2/c1-5-14-8-10-6-12(2,3)11(14)9-13(4)7-10/h5,10-11H,1,6-9H2,2-4H3. The molecule has 3 aliphatic rings. The highest BCUT2D eigenvalue weighted by atomic mass is 15.2. The normalized spacial score (nSPS) is 36.9. The van der Waals surface area contributed by atoms with E-state index in [-0.39, 0.29) is 0 Å². The minimum atomic E-state index is 0.446. The molecule has 0 spiro atoms. The van der Waals surface area contributed by atoms with Gasteiger partial charge in [-0.15, -0.1) is 0 Å². The van der Waals surface area contributed by atoms with Crippen LogP contribution < -0.4 is 0 Å². The first-order chi connectivity index (χ1) is 6.53. The fourth-order valence-electron chi connectivity index (χ4n) is 3.31. The van der Waals surface area contributed by atoms with Crippen molar-refractivity contribution in [3.8, 4) is 0 Å². The minimum Gasteiger partial charge on any atom is -0.373 e. The van der Waals surface area contributed by atoms with Gasteiger partial charge in [-0.1, -0.05) is 20.4 Å². The Bertz CT molecular complexity index is 234. The Kier molecular flexibility index (Phi) is 2.34. The highest BCUT2D eigenvalue weighted by molar-refractivity contribution is 5.01. The number of nitrogens with zero attached hydrogens (tertiary/aromatic N) is 2. The maximum atomic E-state index is 3.94. The lowest BCUT2D eigenvalue weighted by atomic mass is 9.74. The molecule has 3 heterocycles. The molecule has 80 valence electrons. The molecule has 2 atom stereocenters. The lowest BCUT2D eigenvalue weighted by Crippen LogP contribution is -2.50. The van der Waals surface area contributed by atoms with Crippen LogP contribution >= 0.6 is 0 Å². The van der Waals surface area contributed by atoms with Crippen LogP contribution in [-0.2, 0) is 0 Å². The quantitative estimate of drug-likeness (QED) is 0.628. The van der Waals surface area contributed by atoms with Crippen LogP contribution in [0.5, 0.6) is 0 Å². The summed E-state index contributed by atoms with van der Waals surface area (Å²) in [6.07, 6.45) is 3.41. The van der Waals surface area contributed by atoms with E-state index in [2.05, 4.69) is 37.3 Å². The molecule has 2 unspecified atom stereocenters. The summed E-state index contributed by atoms with van der Waals surface area (Å²) in [6, 6.07) is 0.656. The van der Waals surface area contributed by atoms with Crippen molar-refractivity contribution in [2.24, 2.45) is 11.3 Å². The lowest BCUT2D eigenvalue weighted by molar-refractivity contribution is 0.0607. The SMILES string of the molecule is C=CN1CC2CN(C)CC1C(C)(C)C2. The molecule has 2 nitrogen and oxygen atoms in total. The van der Waals surface area contributed by atoms with Gasteiger partial charge >= 0.3 is 0 Å². The van der Waals surface area contributed by atoms with Crippen LogP contribution in [0.4, 0.5) is 0 Å². The number of hydrogen-bond donors (Lipinski definition) is 0. The average molecular weight is 194 g/mol. The van der Waals surface area contributed by atoms with E-state index < -0.39 is 0 Å². The maximum Gasteiger partial charge on any atom is 0.0462 e. The molecule has 0 aliphatic carbocycles. The van der Waals surface area contributed by atoms with Crippen LogP contribution in [0, 0.1) is 11.3 Å². The number of fused-ring (bicyclic) bond motifs is 4. The Morgan fingerprint density at radius 1 is 1.29 bits per heavy atom. The molecule has 0 saturated carbocycles. The third-order valence-corrected chi connectivity index (χ3v) is 3.88. The second-order valence-electron chi connectivity index (χ2n) is 5.68. The van der Waals surface area contributed by atoms with Crippen molar-refractivity contribution in [1.29, 1.82) is 0 Å². The molecule has 0 N–H and O–H groups in total. The summed E-state index contributed by atoms with van der Waals surface area (Å²) in [4.78, 5) is 4.94. The predicted molar refractivity (Wildman–Crippen MR) is 60.1 cm³/mol. The predicted octanol–water partition coefficient (Wildman–Crippen LogP) is 1.79. The molecule has 3 rings (SSSR count). The zero-order valence-electron chi connectivity index (χ0n) is 9.66. The number of piperidine rings is 1.